The number of hydrogen-bond donors (Lipinski definition) is 1. The first-order valence-corrected chi connectivity index (χ1v) is 6.13. The summed E-state index contributed by atoms with van der Waals surface area (Å²) in [6, 6.07) is 12.1. The van der Waals surface area contributed by atoms with Crippen molar-refractivity contribution in [2.24, 2.45) is 0 Å². The Morgan fingerprint density at radius 3 is 2.05 bits per heavy atom. The van der Waals surface area contributed by atoms with Gasteiger partial charge < -0.3 is 10.1 Å². The number of rotatable bonds is 5. The van der Waals surface area contributed by atoms with E-state index in [4.69, 9.17) is 4.74 Å². The highest BCUT2D eigenvalue weighted by Crippen LogP contribution is 2.21. The fraction of sp³-hybridized carbons (Fsp3) is 0.133. The minimum Gasteiger partial charge on any atom is -0.457 e. The van der Waals surface area contributed by atoms with E-state index in [0.717, 1.165) is 0 Å². The summed E-state index contributed by atoms with van der Waals surface area (Å²) in [5, 5.41) is 2.10. The van der Waals surface area contributed by atoms with E-state index in [1.807, 2.05) is 0 Å². The molecule has 0 bridgehead atoms. The van der Waals surface area contributed by atoms with Gasteiger partial charge in [0.1, 0.15) is 17.3 Å². The summed E-state index contributed by atoms with van der Waals surface area (Å²) in [5.41, 5.74) is 0.662. The van der Waals surface area contributed by atoms with Gasteiger partial charge in [-0.3, -0.25) is 4.79 Å². The normalized spacial score (nSPS) is 10.5. The maximum atomic E-state index is 12.7. The molecule has 6 heteroatoms. The number of carbonyl (C=O) groups excluding carboxylic acids is 1. The number of ether oxygens (including phenoxy) is 1. The van der Waals surface area contributed by atoms with Gasteiger partial charge in [-0.25, -0.2) is 4.39 Å². The van der Waals surface area contributed by atoms with Gasteiger partial charge in [-0.2, -0.15) is 8.78 Å². The van der Waals surface area contributed by atoms with Crippen LogP contribution in [0.15, 0.2) is 48.5 Å². The molecule has 1 N–H and O–H groups in total. The standard InChI is InChI=1S/C15H12F3NO2/c16-11-3-7-13(8-4-11)21-12-5-1-10(2-6-12)9-19-15(20)14(17)18/h1-8,14H,9H2,(H,19,20). The second-order valence-electron chi connectivity index (χ2n) is 4.22. The Hall–Kier alpha value is -2.50. The van der Waals surface area contributed by atoms with Gasteiger partial charge in [0.15, 0.2) is 0 Å². The maximum absolute atomic E-state index is 12.7. The van der Waals surface area contributed by atoms with Crippen LogP contribution in [0.1, 0.15) is 5.56 Å². The van der Waals surface area contributed by atoms with Crippen LogP contribution in [-0.4, -0.2) is 12.3 Å². The molecule has 0 aliphatic heterocycles. The predicted molar refractivity (Wildman–Crippen MR) is 70.8 cm³/mol. The molecule has 0 aromatic heterocycles. The van der Waals surface area contributed by atoms with E-state index in [2.05, 4.69) is 5.32 Å². The van der Waals surface area contributed by atoms with Crippen molar-refractivity contribution in [1.82, 2.24) is 5.32 Å². The third-order valence-corrected chi connectivity index (χ3v) is 2.64. The molecular formula is C15H12F3NO2. The molecule has 110 valence electrons. The highest BCUT2D eigenvalue weighted by atomic mass is 19.3. The largest absolute Gasteiger partial charge is 0.457 e. The lowest BCUT2D eigenvalue weighted by atomic mass is 10.2. The summed E-state index contributed by atoms with van der Waals surface area (Å²) in [5.74, 6) is -0.658. The first-order valence-electron chi connectivity index (χ1n) is 6.13. The Balaban J connectivity index is 1.92. The molecular weight excluding hydrogens is 283 g/mol. The molecule has 0 saturated carbocycles. The van der Waals surface area contributed by atoms with Crippen LogP contribution in [-0.2, 0) is 11.3 Å². The Morgan fingerprint density at radius 1 is 1.00 bits per heavy atom. The summed E-state index contributed by atoms with van der Waals surface area (Å²) >= 11 is 0. The van der Waals surface area contributed by atoms with Crippen LogP contribution < -0.4 is 10.1 Å². The van der Waals surface area contributed by atoms with Crippen LogP contribution in [0.25, 0.3) is 0 Å². The van der Waals surface area contributed by atoms with E-state index in [0.29, 0.717) is 17.1 Å². The van der Waals surface area contributed by atoms with E-state index < -0.39 is 12.3 Å². The maximum Gasteiger partial charge on any atom is 0.315 e. The topological polar surface area (TPSA) is 38.3 Å². The number of nitrogens with one attached hydrogen (secondary N) is 1. The van der Waals surface area contributed by atoms with Gasteiger partial charge in [0.05, 0.1) is 0 Å². The number of carbonyl (C=O) groups is 1. The van der Waals surface area contributed by atoms with Crippen LogP contribution in [0.4, 0.5) is 13.2 Å². The second kappa shape index (κ2) is 6.78. The highest BCUT2D eigenvalue weighted by molar-refractivity contribution is 5.79. The Kier molecular flexibility index (Phi) is 4.81. The molecule has 0 saturated heterocycles. The van der Waals surface area contributed by atoms with E-state index in [9.17, 15) is 18.0 Å². The third kappa shape index (κ3) is 4.52. The number of benzene rings is 2. The molecule has 0 spiro atoms. The number of halogens is 3. The molecule has 21 heavy (non-hydrogen) atoms. The number of amides is 1. The summed E-state index contributed by atoms with van der Waals surface area (Å²) in [6.45, 7) is 0.0139. The van der Waals surface area contributed by atoms with Gasteiger partial charge >= 0.3 is 6.43 Å². The minimum atomic E-state index is -3.02. The van der Waals surface area contributed by atoms with E-state index in [1.165, 1.54) is 24.3 Å². The third-order valence-electron chi connectivity index (χ3n) is 2.64. The Labute approximate surface area is 119 Å². The SMILES string of the molecule is O=C(NCc1ccc(Oc2ccc(F)cc2)cc1)C(F)F. The summed E-state index contributed by atoms with van der Waals surface area (Å²) < 4.78 is 42.2. The van der Waals surface area contributed by atoms with Crippen LogP contribution in [0, 0.1) is 5.82 Å². The average molecular weight is 295 g/mol. The fourth-order valence-electron chi connectivity index (χ4n) is 1.58. The molecule has 0 heterocycles. The Bertz CT molecular complexity index is 597. The van der Waals surface area contributed by atoms with Crippen molar-refractivity contribution in [3.63, 3.8) is 0 Å². The predicted octanol–water partition coefficient (Wildman–Crippen LogP) is 3.50. The summed E-state index contributed by atoms with van der Waals surface area (Å²) in [6.07, 6.45) is -3.02. The quantitative estimate of drug-likeness (QED) is 0.917. The van der Waals surface area contributed by atoms with Gasteiger partial charge in [-0.1, -0.05) is 12.1 Å². The highest BCUT2D eigenvalue weighted by Gasteiger charge is 2.13. The molecule has 0 aliphatic carbocycles. The smallest absolute Gasteiger partial charge is 0.315 e. The van der Waals surface area contributed by atoms with Gasteiger partial charge in [-0.15, -0.1) is 0 Å². The van der Waals surface area contributed by atoms with Crippen LogP contribution in [0.2, 0.25) is 0 Å². The monoisotopic (exact) mass is 295 g/mol. The van der Waals surface area contributed by atoms with Crippen molar-refractivity contribution >= 4 is 5.91 Å². The van der Waals surface area contributed by atoms with Gasteiger partial charge in [0.25, 0.3) is 5.91 Å². The second-order valence-corrected chi connectivity index (χ2v) is 4.22. The van der Waals surface area contributed by atoms with E-state index >= 15 is 0 Å². The van der Waals surface area contributed by atoms with Crippen LogP contribution in [0.5, 0.6) is 11.5 Å². The molecule has 0 fully saturated rings. The van der Waals surface area contributed by atoms with E-state index in [1.54, 1.807) is 24.3 Å². The van der Waals surface area contributed by atoms with Crippen molar-refractivity contribution in [1.29, 1.82) is 0 Å². The van der Waals surface area contributed by atoms with E-state index in [-0.39, 0.29) is 12.4 Å². The zero-order chi connectivity index (χ0) is 15.2. The number of hydrogen-bond acceptors (Lipinski definition) is 2. The van der Waals surface area contributed by atoms with Crippen molar-refractivity contribution in [3.8, 4) is 11.5 Å². The summed E-state index contributed by atoms with van der Waals surface area (Å²) in [4.78, 5) is 10.7. The van der Waals surface area contributed by atoms with Crippen molar-refractivity contribution in [2.45, 2.75) is 13.0 Å². The molecule has 2 aromatic carbocycles. The molecule has 1 amide bonds. The van der Waals surface area contributed by atoms with Gasteiger partial charge in [0.2, 0.25) is 0 Å². The van der Waals surface area contributed by atoms with Crippen LogP contribution in [0.3, 0.4) is 0 Å². The zero-order valence-corrected chi connectivity index (χ0v) is 10.9. The molecule has 0 atom stereocenters. The first kappa shape index (κ1) is 14.9. The van der Waals surface area contributed by atoms with Crippen molar-refractivity contribution < 1.29 is 22.7 Å². The lowest BCUT2D eigenvalue weighted by Crippen LogP contribution is -2.28. The molecule has 0 aliphatic rings. The lowest BCUT2D eigenvalue weighted by Gasteiger charge is -2.07. The van der Waals surface area contributed by atoms with Crippen molar-refractivity contribution in [3.05, 3.63) is 59.9 Å². The van der Waals surface area contributed by atoms with Crippen molar-refractivity contribution in [2.75, 3.05) is 0 Å². The van der Waals surface area contributed by atoms with Gasteiger partial charge in [-0.05, 0) is 42.0 Å². The minimum absolute atomic E-state index is 0.0139. The Morgan fingerprint density at radius 2 is 1.52 bits per heavy atom. The average Bonchev–Trinajstić information content (AvgIpc) is 2.48. The van der Waals surface area contributed by atoms with Gasteiger partial charge in [0, 0.05) is 6.54 Å². The summed E-state index contributed by atoms with van der Waals surface area (Å²) in [7, 11) is 0. The fourth-order valence-corrected chi connectivity index (χ4v) is 1.58. The number of alkyl halides is 2. The van der Waals surface area contributed by atoms with Crippen LogP contribution >= 0.6 is 0 Å². The molecule has 0 unspecified atom stereocenters. The zero-order valence-electron chi connectivity index (χ0n) is 10.9. The molecule has 3 nitrogen and oxygen atoms in total. The molecule has 0 radical (unpaired) electrons. The molecule has 2 aromatic rings. The first-order chi connectivity index (χ1) is 10.0. The molecule has 2 rings (SSSR count). The lowest BCUT2D eigenvalue weighted by molar-refractivity contribution is -0.131.